The Balaban J connectivity index is 0.00000338. The maximum Gasteiger partial charge on any atom is 0.308 e. The van der Waals surface area contributed by atoms with Gasteiger partial charge in [-0.05, 0) is 57.5 Å². The highest BCUT2D eigenvalue weighted by Crippen LogP contribution is 2.44. The third-order valence-corrected chi connectivity index (χ3v) is 5.18. The van der Waals surface area contributed by atoms with Crippen LogP contribution >= 0.6 is 12.4 Å². The Kier molecular flexibility index (Phi) is 8.91. The van der Waals surface area contributed by atoms with Crippen LogP contribution in [-0.4, -0.2) is 44.2 Å². The fraction of sp³-hybridized carbons (Fsp3) is 0.667. The van der Waals surface area contributed by atoms with Gasteiger partial charge in [0, 0.05) is 12.5 Å². The van der Waals surface area contributed by atoms with Crippen LogP contribution in [0.4, 0.5) is 0 Å². The SMILES string of the molecule is COc1ccc(C(CN(C)C)C2(OC(=O)C(C)C)CCCCC2)cc1.Cl. The van der Waals surface area contributed by atoms with Crippen molar-refractivity contribution in [3.8, 4) is 5.75 Å². The van der Waals surface area contributed by atoms with Gasteiger partial charge in [-0.1, -0.05) is 32.4 Å². The van der Waals surface area contributed by atoms with Gasteiger partial charge in [-0.3, -0.25) is 4.79 Å². The zero-order chi connectivity index (χ0) is 18.4. The van der Waals surface area contributed by atoms with Crippen molar-refractivity contribution in [3.63, 3.8) is 0 Å². The van der Waals surface area contributed by atoms with Gasteiger partial charge in [-0.25, -0.2) is 0 Å². The van der Waals surface area contributed by atoms with E-state index in [0.29, 0.717) is 0 Å². The second-order valence-corrected chi connectivity index (χ2v) is 7.79. The van der Waals surface area contributed by atoms with Gasteiger partial charge in [0.2, 0.25) is 0 Å². The van der Waals surface area contributed by atoms with E-state index in [1.165, 1.54) is 12.0 Å². The van der Waals surface area contributed by atoms with Crippen molar-refractivity contribution in [1.82, 2.24) is 4.90 Å². The molecule has 0 heterocycles. The molecule has 1 atom stereocenters. The molecule has 1 aliphatic rings. The lowest BCUT2D eigenvalue weighted by Gasteiger charge is -2.44. The summed E-state index contributed by atoms with van der Waals surface area (Å²) < 4.78 is 11.5. The molecule has 2 rings (SSSR count). The van der Waals surface area contributed by atoms with Gasteiger partial charge >= 0.3 is 5.97 Å². The molecule has 0 N–H and O–H groups in total. The van der Waals surface area contributed by atoms with Crippen molar-refractivity contribution in [3.05, 3.63) is 29.8 Å². The lowest BCUT2D eigenvalue weighted by Crippen LogP contribution is -2.47. The Morgan fingerprint density at radius 3 is 2.15 bits per heavy atom. The average Bonchev–Trinajstić information content (AvgIpc) is 2.60. The normalized spacial score (nSPS) is 17.5. The lowest BCUT2D eigenvalue weighted by atomic mass is 9.72. The molecule has 0 aliphatic heterocycles. The van der Waals surface area contributed by atoms with Crippen molar-refractivity contribution < 1.29 is 14.3 Å². The van der Waals surface area contributed by atoms with E-state index in [9.17, 15) is 4.79 Å². The fourth-order valence-electron chi connectivity index (χ4n) is 3.77. The van der Waals surface area contributed by atoms with Crippen molar-refractivity contribution in [2.24, 2.45) is 5.92 Å². The number of hydrogen-bond acceptors (Lipinski definition) is 4. The van der Waals surface area contributed by atoms with E-state index in [1.54, 1.807) is 7.11 Å². The predicted octanol–water partition coefficient (Wildman–Crippen LogP) is 4.66. The number of halogens is 1. The molecule has 148 valence electrons. The van der Waals surface area contributed by atoms with Gasteiger partial charge in [0.15, 0.2) is 0 Å². The molecule has 0 bridgehead atoms. The molecule has 0 spiro atoms. The van der Waals surface area contributed by atoms with Crippen LogP contribution in [0.3, 0.4) is 0 Å². The maximum atomic E-state index is 12.5. The van der Waals surface area contributed by atoms with Crippen LogP contribution in [0.15, 0.2) is 24.3 Å². The van der Waals surface area contributed by atoms with Crippen molar-refractivity contribution >= 4 is 18.4 Å². The minimum atomic E-state index is -0.404. The number of rotatable bonds is 7. The van der Waals surface area contributed by atoms with Crippen LogP contribution in [0.1, 0.15) is 57.4 Å². The zero-order valence-corrected chi connectivity index (χ0v) is 17.6. The Morgan fingerprint density at radius 2 is 1.69 bits per heavy atom. The summed E-state index contributed by atoms with van der Waals surface area (Å²) in [6, 6.07) is 8.23. The topological polar surface area (TPSA) is 38.8 Å². The van der Waals surface area contributed by atoms with E-state index in [2.05, 4.69) is 31.1 Å². The lowest BCUT2D eigenvalue weighted by molar-refractivity contribution is -0.171. The first-order chi connectivity index (χ1) is 11.9. The molecule has 5 heteroatoms. The first-order valence-corrected chi connectivity index (χ1v) is 9.39. The summed E-state index contributed by atoms with van der Waals surface area (Å²) in [4.78, 5) is 14.7. The number of ether oxygens (including phenoxy) is 2. The van der Waals surface area contributed by atoms with Crippen LogP contribution in [0, 0.1) is 5.92 Å². The van der Waals surface area contributed by atoms with Gasteiger partial charge in [0.1, 0.15) is 11.4 Å². The monoisotopic (exact) mass is 383 g/mol. The molecule has 0 amide bonds. The van der Waals surface area contributed by atoms with E-state index < -0.39 is 5.60 Å². The quantitative estimate of drug-likeness (QED) is 0.641. The molecule has 1 unspecified atom stereocenters. The van der Waals surface area contributed by atoms with Gasteiger partial charge in [-0.2, -0.15) is 0 Å². The highest BCUT2D eigenvalue weighted by Gasteiger charge is 2.44. The van der Waals surface area contributed by atoms with Crippen molar-refractivity contribution in [2.75, 3.05) is 27.7 Å². The molecular weight excluding hydrogens is 350 g/mol. The minimum Gasteiger partial charge on any atom is -0.497 e. The highest BCUT2D eigenvalue weighted by molar-refractivity contribution is 5.85. The number of nitrogens with zero attached hydrogens (tertiary/aromatic N) is 1. The highest BCUT2D eigenvalue weighted by atomic mass is 35.5. The van der Waals surface area contributed by atoms with Crippen molar-refractivity contribution in [1.29, 1.82) is 0 Å². The number of benzene rings is 1. The summed E-state index contributed by atoms with van der Waals surface area (Å²) >= 11 is 0. The summed E-state index contributed by atoms with van der Waals surface area (Å²) in [5, 5.41) is 0. The number of carbonyl (C=O) groups excluding carboxylic acids is 1. The van der Waals surface area contributed by atoms with Gasteiger partial charge in [0.25, 0.3) is 0 Å². The van der Waals surface area contributed by atoms with Crippen LogP contribution in [0.2, 0.25) is 0 Å². The second-order valence-electron chi connectivity index (χ2n) is 7.79. The summed E-state index contributed by atoms with van der Waals surface area (Å²) in [5.74, 6) is 0.828. The van der Waals surface area contributed by atoms with Crippen LogP contribution in [0.25, 0.3) is 0 Å². The van der Waals surface area contributed by atoms with Crippen LogP contribution < -0.4 is 4.74 Å². The number of methoxy groups -OCH3 is 1. The van der Waals surface area contributed by atoms with Crippen molar-refractivity contribution in [2.45, 2.75) is 57.5 Å². The molecule has 26 heavy (non-hydrogen) atoms. The summed E-state index contributed by atoms with van der Waals surface area (Å²) in [7, 11) is 5.84. The number of hydrogen-bond donors (Lipinski definition) is 0. The maximum absolute atomic E-state index is 12.5. The molecular formula is C21H34ClNO3. The third kappa shape index (κ3) is 5.62. The fourth-order valence-corrected chi connectivity index (χ4v) is 3.77. The van der Waals surface area contributed by atoms with Crippen LogP contribution in [-0.2, 0) is 9.53 Å². The number of likely N-dealkylation sites (N-methyl/N-ethyl adjacent to an activating group) is 1. The third-order valence-electron chi connectivity index (χ3n) is 5.18. The van der Waals surface area contributed by atoms with E-state index in [-0.39, 0.29) is 30.2 Å². The molecule has 4 nitrogen and oxygen atoms in total. The second kappa shape index (κ2) is 10.2. The van der Waals surface area contributed by atoms with E-state index >= 15 is 0 Å². The Hall–Kier alpha value is -1.26. The largest absolute Gasteiger partial charge is 0.497 e. The predicted molar refractivity (Wildman–Crippen MR) is 108 cm³/mol. The minimum absolute atomic E-state index is 0. The molecule has 0 saturated heterocycles. The summed E-state index contributed by atoms with van der Waals surface area (Å²) in [6.07, 6.45) is 5.33. The molecule has 1 fully saturated rings. The molecule has 1 aromatic rings. The zero-order valence-electron chi connectivity index (χ0n) is 16.8. The summed E-state index contributed by atoms with van der Waals surface area (Å²) in [6.45, 7) is 4.68. The molecule has 1 aliphatic carbocycles. The Morgan fingerprint density at radius 1 is 1.12 bits per heavy atom. The Labute approximate surface area is 164 Å². The first kappa shape index (κ1) is 22.8. The van der Waals surface area contributed by atoms with Crippen LogP contribution in [0.5, 0.6) is 5.75 Å². The van der Waals surface area contributed by atoms with Gasteiger partial charge in [0.05, 0.1) is 13.0 Å². The molecule has 1 aromatic carbocycles. The number of esters is 1. The average molecular weight is 384 g/mol. The summed E-state index contributed by atoms with van der Waals surface area (Å²) in [5.41, 5.74) is 0.811. The first-order valence-electron chi connectivity index (χ1n) is 9.39. The number of carbonyl (C=O) groups is 1. The van der Waals surface area contributed by atoms with E-state index in [0.717, 1.165) is 38.0 Å². The van der Waals surface area contributed by atoms with E-state index in [1.807, 2.05) is 26.0 Å². The van der Waals surface area contributed by atoms with E-state index in [4.69, 9.17) is 9.47 Å². The molecule has 0 radical (unpaired) electrons. The standard InChI is InChI=1S/C21H33NO3.ClH/c1-16(2)20(23)25-21(13-7-6-8-14-21)19(15-22(3)4)17-9-11-18(24-5)12-10-17;/h9-12,16,19H,6-8,13-15H2,1-5H3;1H. The Bertz CT molecular complexity index is 551. The molecule has 1 saturated carbocycles. The van der Waals surface area contributed by atoms with Gasteiger partial charge < -0.3 is 14.4 Å². The van der Waals surface area contributed by atoms with Gasteiger partial charge in [-0.15, -0.1) is 12.4 Å². The smallest absolute Gasteiger partial charge is 0.308 e. The molecule has 0 aromatic heterocycles.